The van der Waals surface area contributed by atoms with Crippen molar-refractivity contribution < 1.29 is 0 Å². The molecule has 0 saturated heterocycles. The average Bonchev–Trinajstić information content (AvgIpc) is 2.91. The number of nitrogens with zero attached hydrogens (tertiary/aromatic N) is 5. The Bertz CT molecular complexity index is 750. The van der Waals surface area contributed by atoms with E-state index in [1.807, 2.05) is 4.68 Å². The monoisotopic (exact) mass is 366 g/mol. The molecule has 0 fully saturated rings. The van der Waals surface area contributed by atoms with Gasteiger partial charge in [0.1, 0.15) is 10.3 Å². The first-order chi connectivity index (χ1) is 10.5. The molecule has 1 N–H and O–H groups in total. The van der Waals surface area contributed by atoms with E-state index in [9.17, 15) is 4.79 Å². The fourth-order valence-electron chi connectivity index (χ4n) is 2.52. The molecule has 0 spiro atoms. The van der Waals surface area contributed by atoms with Crippen LogP contribution in [0.15, 0.2) is 15.5 Å². The fourth-order valence-corrected chi connectivity index (χ4v) is 3.00. The zero-order valence-electron chi connectivity index (χ0n) is 12.9. The lowest BCUT2D eigenvalue weighted by Gasteiger charge is -2.24. The number of hydrogen-bond acceptors (Lipinski definition) is 5. The molecule has 1 aliphatic heterocycles. The Balaban J connectivity index is 1.78. The van der Waals surface area contributed by atoms with Crippen LogP contribution in [0.3, 0.4) is 0 Å². The van der Waals surface area contributed by atoms with E-state index in [-0.39, 0.29) is 11.6 Å². The second-order valence-corrected chi connectivity index (χ2v) is 6.70. The minimum atomic E-state index is -0.149. The van der Waals surface area contributed by atoms with Gasteiger partial charge in [-0.15, -0.1) is 0 Å². The summed E-state index contributed by atoms with van der Waals surface area (Å²) in [6.45, 7) is 4.94. The van der Waals surface area contributed by atoms with Crippen LogP contribution in [0.2, 0.25) is 0 Å². The van der Waals surface area contributed by atoms with Crippen LogP contribution in [0.4, 0.5) is 5.69 Å². The van der Waals surface area contributed by atoms with E-state index >= 15 is 0 Å². The molecule has 0 radical (unpaired) electrons. The summed E-state index contributed by atoms with van der Waals surface area (Å²) in [5.74, 6) is 2.27. The van der Waals surface area contributed by atoms with E-state index in [1.165, 1.54) is 4.68 Å². The summed E-state index contributed by atoms with van der Waals surface area (Å²) in [7, 11) is 1.63. The minimum absolute atomic E-state index is 0.149. The van der Waals surface area contributed by atoms with Gasteiger partial charge in [0.2, 0.25) is 0 Å². The summed E-state index contributed by atoms with van der Waals surface area (Å²) in [5, 5.41) is 12.0. The third-order valence-corrected chi connectivity index (χ3v) is 4.60. The molecule has 2 aromatic rings. The maximum Gasteiger partial charge on any atom is 0.282 e. The van der Waals surface area contributed by atoms with Crippen molar-refractivity contribution in [1.82, 2.24) is 24.5 Å². The molecular formula is C14H19BrN6O. The van der Waals surface area contributed by atoms with Crippen molar-refractivity contribution in [2.24, 2.45) is 7.05 Å². The molecule has 1 aliphatic rings. The first-order valence-corrected chi connectivity index (χ1v) is 8.17. The van der Waals surface area contributed by atoms with E-state index in [4.69, 9.17) is 0 Å². The van der Waals surface area contributed by atoms with Crippen molar-refractivity contribution in [2.45, 2.75) is 45.2 Å². The molecule has 0 aromatic carbocycles. The Morgan fingerprint density at radius 2 is 2.23 bits per heavy atom. The molecule has 1 unspecified atom stereocenters. The second-order valence-electron chi connectivity index (χ2n) is 5.90. The summed E-state index contributed by atoms with van der Waals surface area (Å²) in [5.41, 5.74) is 0.574. The lowest BCUT2D eigenvalue weighted by Crippen LogP contribution is -2.33. The van der Waals surface area contributed by atoms with Crippen molar-refractivity contribution in [3.8, 4) is 0 Å². The van der Waals surface area contributed by atoms with Gasteiger partial charge in [0, 0.05) is 25.4 Å². The zero-order valence-corrected chi connectivity index (χ0v) is 14.5. The first-order valence-electron chi connectivity index (χ1n) is 7.37. The summed E-state index contributed by atoms with van der Waals surface area (Å²) in [6, 6.07) is 0.208. The smallest absolute Gasteiger partial charge is 0.282 e. The van der Waals surface area contributed by atoms with Crippen LogP contribution >= 0.6 is 15.9 Å². The van der Waals surface area contributed by atoms with Gasteiger partial charge in [0.05, 0.1) is 18.4 Å². The Hall–Kier alpha value is -1.70. The molecule has 118 valence electrons. The van der Waals surface area contributed by atoms with Crippen molar-refractivity contribution >= 4 is 21.6 Å². The van der Waals surface area contributed by atoms with Crippen molar-refractivity contribution in [3.05, 3.63) is 32.7 Å². The number of fused-ring (bicyclic) bond motifs is 1. The molecule has 8 heteroatoms. The second kappa shape index (κ2) is 5.83. The van der Waals surface area contributed by atoms with Crippen LogP contribution in [0.1, 0.15) is 37.8 Å². The van der Waals surface area contributed by atoms with Gasteiger partial charge in [-0.05, 0) is 22.4 Å². The van der Waals surface area contributed by atoms with Gasteiger partial charge in [-0.2, -0.15) is 10.2 Å². The lowest BCUT2D eigenvalue weighted by atomic mass is 10.1. The van der Waals surface area contributed by atoms with Crippen molar-refractivity contribution in [2.75, 3.05) is 5.32 Å². The van der Waals surface area contributed by atoms with Gasteiger partial charge in [0.25, 0.3) is 5.56 Å². The van der Waals surface area contributed by atoms with Crippen LogP contribution in [0.25, 0.3) is 0 Å². The topological polar surface area (TPSA) is 77.6 Å². The van der Waals surface area contributed by atoms with E-state index < -0.39 is 0 Å². The van der Waals surface area contributed by atoms with Crippen LogP contribution in [-0.4, -0.2) is 30.6 Å². The Labute approximate surface area is 136 Å². The number of hydrogen-bond donors (Lipinski definition) is 1. The molecule has 22 heavy (non-hydrogen) atoms. The number of aromatic nitrogens is 5. The Morgan fingerprint density at radius 3 is 2.95 bits per heavy atom. The third kappa shape index (κ3) is 2.79. The molecule has 0 aliphatic carbocycles. The Morgan fingerprint density at radius 1 is 1.45 bits per heavy atom. The summed E-state index contributed by atoms with van der Waals surface area (Å²) in [4.78, 5) is 16.5. The minimum Gasteiger partial charge on any atom is -0.378 e. The zero-order chi connectivity index (χ0) is 15.9. The van der Waals surface area contributed by atoms with Gasteiger partial charge in [0.15, 0.2) is 5.82 Å². The fraction of sp³-hybridized carbons (Fsp3) is 0.571. The largest absolute Gasteiger partial charge is 0.378 e. The highest BCUT2D eigenvalue weighted by Crippen LogP contribution is 2.22. The molecule has 0 bridgehead atoms. The van der Waals surface area contributed by atoms with Crippen LogP contribution < -0.4 is 10.9 Å². The molecule has 1 atom stereocenters. The standard InChI is InChI=1S/C14H19BrN6O/c1-8(2)13-18-11-5-4-9(7-21(11)19-13)17-10-6-16-20(3)14(22)12(10)15/h6,8-9,17H,4-5,7H2,1-3H3. The molecule has 0 saturated carbocycles. The third-order valence-electron chi connectivity index (χ3n) is 3.83. The summed E-state index contributed by atoms with van der Waals surface area (Å²) < 4.78 is 3.79. The molecular weight excluding hydrogens is 348 g/mol. The number of halogens is 1. The van der Waals surface area contributed by atoms with Gasteiger partial charge >= 0.3 is 0 Å². The average molecular weight is 367 g/mol. The van der Waals surface area contributed by atoms with Crippen LogP contribution in [-0.2, 0) is 20.0 Å². The van der Waals surface area contributed by atoms with Gasteiger partial charge in [-0.3, -0.25) is 4.79 Å². The number of anilines is 1. The first kappa shape index (κ1) is 15.2. The highest BCUT2D eigenvalue weighted by atomic mass is 79.9. The van der Waals surface area contributed by atoms with E-state index in [0.29, 0.717) is 10.4 Å². The van der Waals surface area contributed by atoms with E-state index in [1.54, 1.807) is 13.2 Å². The number of nitrogens with one attached hydrogen (secondary N) is 1. The summed E-state index contributed by atoms with van der Waals surface area (Å²) >= 11 is 3.34. The number of aryl methyl sites for hydroxylation is 2. The lowest BCUT2D eigenvalue weighted by molar-refractivity contribution is 0.439. The van der Waals surface area contributed by atoms with E-state index in [2.05, 4.69) is 50.3 Å². The molecule has 7 nitrogen and oxygen atoms in total. The van der Waals surface area contributed by atoms with Gasteiger partial charge < -0.3 is 5.32 Å². The summed E-state index contributed by atoms with van der Waals surface area (Å²) in [6.07, 6.45) is 3.51. The quantitative estimate of drug-likeness (QED) is 0.893. The maximum atomic E-state index is 11.9. The molecule has 3 rings (SSSR count). The van der Waals surface area contributed by atoms with Gasteiger partial charge in [-0.25, -0.2) is 14.3 Å². The highest BCUT2D eigenvalue weighted by molar-refractivity contribution is 9.10. The van der Waals surface area contributed by atoms with Crippen molar-refractivity contribution in [1.29, 1.82) is 0 Å². The number of rotatable bonds is 3. The van der Waals surface area contributed by atoms with E-state index in [0.717, 1.165) is 36.7 Å². The Kier molecular flexibility index (Phi) is 4.03. The SMILES string of the molecule is CC(C)c1nc2n(n1)CC(Nc1cnn(C)c(=O)c1Br)CC2. The normalized spacial score (nSPS) is 17.6. The predicted molar refractivity (Wildman–Crippen MR) is 87.0 cm³/mol. The predicted octanol–water partition coefficient (Wildman–Crippen LogP) is 1.68. The highest BCUT2D eigenvalue weighted by Gasteiger charge is 2.23. The molecule has 2 aromatic heterocycles. The van der Waals surface area contributed by atoms with Crippen molar-refractivity contribution in [3.63, 3.8) is 0 Å². The molecule has 0 amide bonds. The van der Waals surface area contributed by atoms with Crippen LogP contribution in [0.5, 0.6) is 0 Å². The van der Waals surface area contributed by atoms with Crippen LogP contribution in [0, 0.1) is 0 Å². The molecule has 3 heterocycles. The maximum absolute atomic E-state index is 11.9. The van der Waals surface area contributed by atoms with Gasteiger partial charge in [-0.1, -0.05) is 13.8 Å².